The lowest BCUT2D eigenvalue weighted by atomic mass is 9.89. The first-order chi connectivity index (χ1) is 10.1. The van der Waals surface area contributed by atoms with Crippen LogP contribution in [-0.4, -0.2) is 29.4 Å². The smallest absolute Gasteiger partial charge is 0.362 e. The number of nitrogens with two attached hydrogens (primary N) is 1. The Kier molecular flexibility index (Phi) is 5.55. The first-order valence-electron chi connectivity index (χ1n) is 7.22. The second-order valence-corrected chi connectivity index (χ2v) is 6.11. The Labute approximate surface area is 128 Å². The zero-order chi connectivity index (χ0) is 15.2. The molecule has 0 saturated heterocycles. The van der Waals surface area contributed by atoms with E-state index < -0.39 is 5.97 Å². The van der Waals surface area contributed by atoms with Gasteiger partial charge in [-0.15, -0.1) is 11.3 Å². The SMILES string of the molecule is CCOC(=O)/C(=N\OC1CCC(C)CC1)c1csc(N)n1. The fourth-order valence-electron chi connectivity index (χ4n) is 2.25. The van der Waals surface area contributed by atoms with Gasteiger partial charge in [0.25, 0.3) is 0 Å². The van der Waals surface area contributed by atoms with Crippen molar-refractivity contribution in [1.82, 2.24) is 4.98 Å². The Hall–Kier alpha value is -1.63. The molecule has 0 amide bonds. The van der Waals surface area contributed by atoms with Crippen LogP contribution in [0.25, 0.3) is 0 Å². The standard InChI is InChI=1S/C14H21N3O3S/c1-3-19-13(18)12(11-8-21-14(15)16-11)17-20-10-6-4-9(2)5-7-10/h8-10H,3-7H2,1-2H3,(H2,15,16)/b17-12-. The van der Waals surface area contributed by atoms with Gasteiger partial charge in [0.05, 0.1) is 6.61 Å². The van der Waals surface area contributed by atoms with Gasteiger partial charge in [0.15, 0.2) is 5.13 Å². The molecule has 0 radical (unpaired) electrons. The number of hydrogen-bond acceptors (Lipinski definition) is 7. The number of nitrogens with zero attached hydrogens (tertiary/aromatic N) is 2. The maximum Gasteiger partial charge on any atom is 0.362 e. The number of anilines is 1. The molecular formula is C14H21N3O3S. The minimum atomic E-state index is -0.535. The van der Waals surface area contributed by atoms with E-state index in [1.165, 1.54) is 11.3 Å². The number of carbonyl (C=O) groups excluding carboxylic acids is 1. The molecule has 1 aliphatic rings. The Morgan fingerprint density at radius 1 is 1.48 bits per heavy atom. The van der Waals surface area contributed by atoms with E-state index in [2.05, 4.69) is 17.1 Å². The van der Waals surface area contributed by atoms with E-state index in [1.54, 1.807) is 12.3 Å². The minimum Gasteiger partial charge on any atom is -0.461 e. The molecule has 0 atom stereocenters. The lowest BCUT2D eigenvalue weighted by molar-refractivity contribution is -0.135. The molecule has 1 aromatic rings. The second kappa shape index (κ2) is 7.40. The predicted molar refractivity (Wildman–Crippen MR) is 82.2 cm³/mol. The Balaban J connectivity index is 2.07. The molecule has 0 spiro atoms. The first-order valence-corrected chi connectivity index (χ1v) is 8.10. The molecule has 1 aliphatic carbocycles. The van der Waals surface area contributed by atoms with E-state index in [9.17, 15) is 4.79 Å². The number of carbonyl (C=O) groups is 1. The fourth-order valence-corrected chi connectivity index (χ4v) is 2.79. The third-order valence-corrected chi connectivity index (χ3v) is 4.16. The molecule has 0 aliphatic heterocycles. The van der Waals surface area contributed by atoms with Gasteiger partial charge in [0.1, 0.15) is 11.8 Å². The largest absolute Gasteiger partial charge is 0.461 e. The number of oxime groups is 1. The van der Waals surface area contributed by atoms with Crippen LogP contribution in [0.2, 0.25) is 0 Å². The van der Waals surface area contributed by atoms with Crippen LogP contribution in [0.3, 0.4) is 0 Å². The molecule has 7 heteroatoms. The molecule has 0 bridgehead atoms. The van der Waals surface area contributed by atoms with Gasteiger partial charge < -0.3 is 15.3 Å². The summed E-state index contributed by atoms with van der Waals surface area (Å²) >= 11 is 1.25. The van der Waals surface area contributed by atoms with Gasteiger partial charge in [-0.25, -0.2) is 9.78 Å². The third kappa shape index (κ3) is 4.42. The van der Waals surface area contributed by atoms with Gasteiger partial charge in [0.2, 0.25) is 5.71 Å². The predicted octanol–water partition coefficient (Wildman–Crippen LogP) is 2.59. The normalized spacial score (nSPS) is 22.9. The van der Waals surface area contributed by atoms with Crippen LogP contribution < -0.4 is 5.73 Å². The molecule has 1 saturated carbocycles. The highest BCUT2D eigenvalue weighted by molar-refractivity contribution is 7.13. The Morgan fingerprint density at radius 2 is 2.19 bits per heavy atom. The molecule has 21 heavy (non-hydrogen) atoms. The summed E-state index contributed by atoms with van der Waals surface area (Å²) < 4.78 is 5.00. The second-order valence-electron chi connectivity index (χ2n) is 5.22. The van der Waals surface area contributed by atoms with Crippen molar-refractivity contribution in [2.45, 2.75) is 45.6 Å². The van der Waals surface area contributed by atoms with Crippen molar-refractivity contribution in [3.8, 4) is 0 Å². The molecule has 1 fully saturated rings. The zero-order valence-corrected chi connectivity index (χ0v) is 13.2. The summed E-state index contributed by atoms with van der Waals surface area (Å²) in [5.74, 6) is 0.198. The number of esters is 1. The third-order valence-electron chi connectivity index (χ3n) is 3.49. The molecule has 116 valence electrons. The number of ether oxygens (including phenoxy) is 1. The maximum atomic E-state index is 12.0. The van der Waals surface area contributed by atoms with Crippen LogP contribution in [0.5, 0.6) is 0 Å². The topological polar surface area (TPSA) is 86.8 Å². The van der Waals surface area contributed by atoms with Gasteiger partial charge in [-0.05, 0) is 38.5 Å². The quantitative estimate of drug-likeness (QED) is 0.513. The van der Waals surface area contributed by atoms with E-state index in [-0.39, 0.29) is 18.4 Å². The summed E-state index contributed by atoms with van der Waals surface area (Å²) in [6.45, 7) is 4.26. The lowest BCUT2D eigenvalue weighted by Crippen LogP contribution is -2.23. The van der Waals surface area contributed by atoms with Crippen molar-refractivity contribution in [3.05, 3.63) is 11.1 Å². The number of aromatic nitrogens is 1. The molecule has 0 unspecified atom stereocenters. The van der Waals surface area contributed by atoms with Crippen molar-refractivity contribution in [2.75, 3.05) is 12.3 Å². The number of thiazole rings is 1. The van der Waals surface area contributed by atoms with Gasteiger partial charge in [0, 0.05) is 5.38 Å². The molecular weight excluding hydrogens is 290 g/mol. The summed E-state index contributed by atoms with van der Waals surface area (Å²) in [6.07, 6.45) is 4.22. The lowest BCUT2D eigenvalue weighted by Gasteiger charge is -2.24. The highest BCUT2D eigenvalue weighted by atomic mass is 32.1. The molecule has 1 aromatic heterocycles. The molecule has 2 rings (SSSR count). The number of hydrogen-bond donors (Lipinski definition) is 1. The first kappa shape index (κ1) is 15.8. The van der Waals surface area contributed by atoms with Crippen molar-refractivity contribution in [2.24, 2.45) is 11.1 Å². The Morgan fingerprint density at radius 3 is 2.76 bits per heavy atom. The van der Waals surface area contributed by atoms with Crippen molar-refractivity contribution in [1.29, 1.82) is 0 Å². The van der Waals surface area contributed by atoms with Crippen LogP contribution in [0, 0.1) is 5.92 Å². The van der Waals surface area contributed by atoms with Crippen LogP contribution in [0.15, 0.2) is 10.5 Å². The molecule has 1 heterocycles. The van der Waals surface area contributed by atoms with Gasteiger partial charge in [-0.3, -0.25) is 0 Å². The summed E-state index contributed by atoms with van der Waals surface area (Å²) in [5.41, 5.74) is 6.09. The number of nitrogen functional groups attached to an aromatic ring is 1. The zero-order valence-electron chi connectivity index (χ0n) is 12.4. The molecule has 6 nitrogen and oxygen atoms in total. The van der Waals surface area contributed by atoms with Gasteiger partial charge in [-0.2, -0.15) is 0 Å². The minimum absolute atomic E-state index is 0.0570. The van der Waals surface area contributed by atoms with Crippen molar-refractivity contribution in [3.63, 3.8) is 0 Å². The van der Waals surface area contributed by atoms with Gasteiger partial charge >= 0.3 is 5.97 Å². The average Bonchev–Trinajstić information content (AvgIpc) is 2.88. The monoisotopic (exact) mass is 311 g/mol. The molecule has 0 aromatic carbocycles. The van der Waals surface area contributed by atoms with Crippen molar-refractivity contribution >= 4 is 28.1 Å². The fraction of sp³-hybridized carbons (Fsp3) is 0.643. The maximum absolute atomic E-state index is 12.0. The van der Waals surface area contributed by atoms with Gasteiger partial charge in [-0.1, -0.05) is 12.1 Å². The van der Waals surface area contributed by atoms with E-state index in [0.717, 1.165) is 31.6 Å². The number of rotatable bonds is 5. The average molecular weight is 311 g/mol. The van der Waals surface area contributed by atoms with E-state index in [0.29, 0.717) is 10.8 Å². The Bertz CT molecular complexity index is 507. The highest BCUT2D eigenvalue weighted by Crippen LogP contribution is 2.26. The van der Waals surface area contributed by atoms with Crippen molar-refractivity contribution < 1.29 is 14.4 Å². The van der Waals surface area contributed by atoms with Crippen LogP contribution in [-0.2, 0) is 14.4 Å². The van der Waals surface area contributed by atoms with E-state index >= 15 is 0 Å². The summed E-state index contributed by atoms with van der Waals surface area (Å²) in [5, 5.41) is 6.07. The highest BCUT2D eigenvalue weighted by Gasteiger charge is 2.23. The van der Waals surface area contributed by atoms with Crippen LogP contribution in [0.1, 0.15) is 45.2 Å². The summed E-state index contributed by atoms with van der Waals surface area (Å²) in [7, 11) is 0. The molecule has 2 N–H and O–H groups in total. The van der Waals surface area contributed by atoms with Crippen LogP contribution >= 0.6 is 11.3 Å². The van der Waals surface area contributed by atoms with E-state index in [1.807, 2.05) is 0 Å². The summed E-state index contributed by atoms with van der Waals surface area (Å²) in [4.78, 5) is 21.6. The van der Waals surface area contributed by atoms with E-state index in [4.69, 9.17) is 15.3 Å². The van der Waals surface area contributed by atoms with Crippen LogP contribution in [0.4, 0.5) is 5.13 Å². The summed E-state index contributed by atoms with van der Waals surface area (Å²) in [6, 6.07) is 0.